The Labute approximate surface area is 138 Å². The van der Waals surface area contributed by atoms with Gasteiger partial charge in [-0.25, -0.2) is 9.13 Å². The molecule has 0 unspecified atom stereocenters. The van der Waals surface area contributed by atoms with E-state index in [1.54, 1.807) is 0 Å². The van der Waals surface area contributed by atoms with E-state index in [2.05, 4.69) is 16.8 Å². The quantitative estimate of drug-likeness (QED) is 0.691. The van der Waals surface area contributed by atoms with Gasteiger partial charge in [-0.2, -0.15) is 0 Å². The molecule has 5 rings (SSSR count). The maximum Gasteiger partial charge on any atom is 0.262 e. The second kappa shape index (κ2) is 5.55. The molecule has 4 aliphatic rings. The number of imidazole rings is 1. The van der Waals surface area contributed by atoms with Gasteiger partial charge in [-0.3, -0.25) is 4.79 Å². The molecule has 0 aliphatic heterocycles. The van der Waals surface area contributed by atoms with Gasteiger partial charge < -0.3 is 17.7 Å². The summed E-state index contributed by atoms with van der Waals surface area (Å²) < 4.78 is 4.09. The molecule has 1 aromatic rings. The third-order valence-corrected chi connectivity index (χ3v) is 6.15. The fraction of sp³-hybridized carbons (Fsp3) is 0.765. The molecule has 122 valence electrons. The lowest BCUT2D eigenvalue weighted by Crippen LogP contribution is -3.00. The van der Waals surface area contributed by atoms with Gasteiger partial charge in [0.25, 0.3) is 11.7 Å². The zero-order valence-corrected chi connectivity index (χ0v) is 14.3. The summed E-state index contributed by atoms with van der Waals surface area (Å²) in [5.41, 5.74) is 0.134. The monoisotopic (exact) mass is 323 g/mol. The number of carbonyl (C=O) groups excluding carboxylic acids is 1. The first kappa shape index (κ1) is 15.9. The second-order valence-corrected chi connectivity index (χ2v) is 7.83. The number of carbonyl (C=O) groups is 1. The average Bonchev–Trinajstić information content (AvgIpc) is 2.68. The predicted molar refractivity (Wildman–Crippen MR) is 79.4 cm³/mol. The van der Waals surface area contributed by atoms with Crippen molar-refractivity contribution in [2.24, 2.45) is 24.8 Å². The summed E-state index contributed by atoms with van der Waals surface area (Å²) in [6, 6.07) is 0. The summed E-state index contributed by atoms with van der Waals surface area (Å²) in [5, 5.41) is 3.44. The fourth-order valence-corrected chi connectivity index (χ4v) is 5.52. The van der Waals surface area contributed by atoms with Gasteiger partial charge in [0.2, 0.25) is 0 Å². The van der Waals surface area contributed by atoms with E-state index in [4.69, 9.17) is 0 Å². The van der Waals surface area contributed by atoms with Crippen molar-refractivity contribution in [1.29, 1.82) is 0 Å². The van der Waals surface area contributed by atoms with E-state index in [0.717, 1.165) is 23.6 Å². The smallest absolute Gasteiger partial charge is 0.262 e. The molecule has 0 aromatic carbocycles. The molecule has 0 spiro atoms. The van der Waals surface area contributed by atoms with Crippen LogP contribution < -0.4 is 22.3 Å². The van der Waals surface area contributed by atoms with Crippen LogP contribution in [0.15, 0.2) is 12.4 Å². The van der Waals surface area contributed by atoms with Crippen molar-refractivity contribution >= 4 is 5.91 Å². The Kier molecular flexibility index (Phi) is 4.00. The van der Waals surface area contributed by atoms with E-state index >= 15 is 0 Å². The Hall–Kier alpha value is -1.03. The number of aryl methyl sites for hydroxylation is 1. The molecule has 1 N–H and O–H groups in total. The highest BCUT2D eigenvalue weighted by Gasteiger charge is 2.51. The minimum absolute atomic E-state index is 0. The van der Waals surface area contributed by atoms with E-state index in [-0.39, 0.29) is 23.9 Å². The van der Waals surface area contributed by atoms with Gasteiger partial charge in [0, 0.05) is 12.5 Å². The van der Waals surface area contributed by atoms with Crippen LogP contribution in [-0.4, -0.2) is 16.0 Å². The summed E-state index contributed by atoms with van der Waals surface area (Å²) in [6.45, 7) is 2.51. The van der Waals surface area contributed by atoms with Crippen molar-refractivity contribution in [3.8, 4) is 0 Å². The van der Waals surface area contributed by atoms with Crippen molar-refractivity contribution in [2.45, 2.75) is 57.5 Å². The van der Waals surface area contributed by atoms with Gasteiger partial charge in [0.15, 0.2) is 6.54 Å². The SMILES string of the molecule is Cc1n(CC(=O)NC23CC4CC(CC(C4)C2)C3)cc[n+]1C.[Cl-]. The lowest BCUT2D eigenvalue weighted by molar-refractivity contribution is -0.677. The number of rotatable bonds is 3. The number of nitrogens with zero attached hydrogens (tertiary/aromatic N) is 2. The zero-order valence-electron chi connectivity index (χ0n) is 13.5. The normalized spacial score (nSPS) is 35.3. The first-order chi connectivity index (χ1) is 10.0. The van der Waals surface area contributed by atoms with Crippen molar-refractivity contribution in [3.05, 3.63) is 18.2 Å². The number of nitrogens with one attached hydrogen (secondary N) is 1. The molecular weight excluding hydrogens is 298 g/mol. The van der Waals surface area contributed by atoms with Crippen LogP contribution in [0.2, 0.25) is 0 Å². The van der Waals surface area contributed by atoms with Crippen LogP contribution >= 0.6 is 0 Å². The summed E-state index contributed by atoms with van der Waals surface area (Å²) in [6.07, 6.45) is 11.9. The van der Waals surface area contributed by atoms with Gasteiger partial charge in [-0.15, -0.1) is 0 Å². The van der Waals surface area contributed by atoms with E-state index in [9.17, 15) is 4.79 Å². The van der Waals surface area contributed by atoms with Gasteiger partial charge >= 0.3 is 0 Å². The molecule has 4 fully saturated rings. The van der Waals surface area contributed by atoms with Gasteiger partial charge in [-0.05, 0) is 56.3 Å². The van der Waals surface area contributed by atoms with Crippen LogP contribution in [0.25, 0.3) is 0 Å². The largest absolute Gasteiger partial charge is 1.00 e. The first-order valence-corrected chi connectivity index (χ1v) is 8.35. The third-order valence-electron chi connectivity index (χ3n) is 6.15. The maximum absolute atomic E-state index is 12.5. The molecule has 5 heteroatoms. The summed E-state index contributed by atoms with van der Waals surface area (Å²) in [7, 11) is 2.02. The van der Waals surface area contributed by atoms with Crippen LogP contribution in [0, 0.1) is 24.7 Å². The Bertz CT molecular complexity index is 545. The van der Waals surface area contributed by atoms with Gasteiger partial charge in [0.05, 0.1) is 7.05 Å². The minimum Gasteiger partial charge on any atom is -1.00 e. The van der Waals surface area contributed by atoms with Gasteiger partial charge in [0.1, 0.15) is 12.4 Å². The first-order valence-electron chi connectivity index (χ1n) is 8.35. The number of amides is 1. The molecule has 1 amide bonds. The third kappa shape index (κ3) is 2.66. The van der Waals surface area contributed by atoms with Crippen LogP contribution in [0.1, 0.15) is 44.3 Å². The predicted octanol–water partition coefficient (Wildman–Crippen LogP) is -1.29. The molecule has 4 saturated carbocycles. The summed E-state index contributed by atoms with van der Waals surface area (Å²) in [4.78, 5) is 12.5. The lowest BCUT2D eigenvalue weighted by atomic mass is 9.53. The molecule has 1 aromatic heterocycles. The molecule has 1 heterocycles. The van der Waals surface area contributed by atoms with Crippen molar-refractivity contribution in [3.63, 3.8) is 0 Å². The fourth-order valence-electron chi connectivity index (χ4n) is 5.52. The molecule has 4 bridgehead atoms. The molecular formula is C17H26ClN3O. The Morgan fingerprint density at radius 3 is 2.27 bits per heavy atom. The highest BCUT2D eigenvalue weighted by molar-refractivity contribution is 5.76. The van der Waals surface area contributed by atoms with E-state index in [1.807, 2.05) is 24.0 Å². The summed E-state index contributed by atoms with van der Waals surface area (Å²) >= 11 is 0. The maximum atomic E-state index is 12.5. The van der Waals surface area contributed by atoms with E-state index < -0.39 is 0 Å². The van der Waals surface area contributed by atoms with E-state index in [1.165, 1.54) is 38.5 Å². The zero-order chi connectivity index (χ0) is 14.6. The number of hydrogen-bond donors (Lipinski definition) is 1. The highest BCUT2D eigenvalue weighted by Crippen LogP contribution is 2.55. The molecule has 4 nitrogen and oxygen atoms in total. The highest BCUT2D eigenvalue weighted by atomic mass is 35.5. The summed E-state index contributed by atoms with van der Waals surface area (Å²) in [5.74, 6) is 3.94. The van der Waals surface area contributed by atoms with Crippen molar-refractivity contribution in [2.75, 3.05) is 0 Å². The number of halogens is 1. The second-order valence-electron chi connectivity index (χ2n) is 7.83. The number of aromatic nitrogens is 2. The Morgan fingerprint density at radius 2 is 1.82 bits per heavy atom. The van der Waals surface area contributed by atoms with Crippen molar-refractivity contribution in [1.82, 2.24) is 9.88 Å². The molecule has 0 radical (unpaired) electrons. The average molecular weight is 324 g/mol. The van der Waals surface area contributed by atoms with Crippen LogP contribution in [0.4, 0.5) is 0 Å². The Morgan fingerprint density at radius 1 is 1.27 bits per heavy atom. The lowest BCUT2D eigenvalue weighted by Gasteiger charge is -2.56. The van der Waals surface area contributed by atoms with Crippen LogP contribution in [-0.2, 0) is 18.4 Å². The van der Waals surface area contributed by atoms with Crippen LogP contribution in [0.5, 0.6) is 0 Å². The van der Waals surface area contributed by atoms with Crippen LogP contribution in [0.3, 0.4) is 0 Å². The molecule has 0 saturated heterocycles. The minimum atomic E-state index is 0. The molecule has 0 atom stereocenters. The molecule has 22 heavy (non-hydrogen) atoms. The molecule has 4 aliphatic carbocycles. The number of hydrogen-bond acceptors (Lipinski definition) is 1. The Balaban J connectivity index is 0.00000144. The van der Waals surface area contributed by atoms with Crippen molar-refractivity contribution < 1.29 is 21.8 Å². The van der Waals surface area contributed by atoms with E-state index in [0.29, 0.717) is 6.54 Å². The van der Waals surface area contributed by atoms with Gasteiger partial charge in [-0.1, -0.05) is 0 Å². The topological polar surface area (TPSA) is 37.9 Å². The standard InChI is InChI=1S/C17H25N3O.ClH/c1-12-19(2)3-4-20(12)11-16(21)18-17-8-13-5-14(9-17)7-15(6-13)10-17;/h3-4,13-15H,5-11H2,1-2H3;1H.